The molecule has 0 bridgehead atoms. The molecule has 1 saturated heterocycles. The Morgan fingerprint density at radius 3 is 2.67 bits per heavy atom. The molecule has 2 rings (SSSR count). The van der Waals surface area contributed by atoms with Crippen LogP contribution in [0.1, 0.15) is 38.5 Å². The maximum Gasteiger partial charge on any atom is 0.180 e. The molecular formula is C21H35N3O3. The van der Waals surface area contributed by atoms with Crippen molar-refractivity contribution in [3.05, 3.63) is 42.0 Å². The van der Waals surface area contributed by atoms with Crippen LogP contribution in [0, 0.1) is 5.92 Å². The summed E-state index contributed by atoms with van der Waals surface area (Å²) in [6.45, 7) is 7.15. The Balaban J connectivity index is 0.00000176. The molecule has 0 saturated carbocycles. The lowest BCUT2D eigenvalue weighted by atomic mass is 9.97. The summed E-state index contributed by atoms with van der Waals surface area (Å²) in [5.41, 5.74) is 6.22. The maximum absolute atomic E-state index is 9.73. The summed E-state index contributed by atoms with van der Waals surface area (Å²) < 4.78 is 10.9. The third-order valence-electron chi connectivity index (χ3n) is 4.42. The standard InChI is InChI=1S/C19H29N3O3.C2H6/c1-21-18(7-4-10-20)22-11-8-15(9-12-22)14-25-17-6-3-5-16(13-17)19(23)24-2;1-2/h3-7,13,15,19,23H,8-12,14,20H2,1-2H3;1-2H3/b7-4-,21-18?;. The molecule has 1 aromatic rings. The Labute approximate surface area is 163 Å². The van der Waals surface area contributed by atoms with Crippen LogP contribution in [0.4, 0.5) is 0 Å². The summed E-state index contributed by atoms with van der Waals surface area (Å²) in [7, 11) is 3.29. The number of nitrogens with zero attached hydrogens (tertiary/aromatic N) is 2. The molecule has 27 heavy (non-hydrogen) atoms. The summed E-state index contributed by atoms with van der Waals surface area (Å²) in [6, 6.07) is 7.41. The molecule has 1 aromatic carbocycles. The van der Waals surface area contributed by atoms with Gasteiger partial charge in [0.25, 0.3) is 0 Å². The van der Waals surface area contributed by atoms with Crippen molar-refractivity contribution in [2.45, 2.75) is 33.0 Å². The third-order valence-corrected chi connectivity index (χ3v) is 4.42. The maximum atomic E-state index is 9.73. The normalized spacial score (nSPS) is 16.8. The molecule has 3 N–H and O–H groups in total. The van der Waals surface area contributed by atoms with Crippen LogP contribution < -0.4 is 10.5 Å². The van der Waals surface area contributed by atoms with Gasteiger partial charge >= 0.3 is 0 Å². The molecule has 0 amide bonds. The van der Waals surface area contributed by atoms with E-state index in [4.69, 9.17) is 15.2 Å². The zero-order valence-corrected chi connectivity index (χ0v) is 17.1. The number of ether oxygens (including phenoxy) is 2. The summed E-state index contributed by atoms with van der Waals surface area (Å²) in [4.78, 5) is 6.63. The topological polar surface area (TPSA) is 80.3 Å². The van der Waals surface area contributed by atoms with Crippen molar-refractivity contribution < 1.29 is 14.6 Å². The highest BCUT2D eigenvalue weighted by atomic mass is 16.6. The van der Waals surface area contributed by atoms with Gasteiger partial charge in [-0.05, 0) is 37.0 Å². The fourth-order valence-corrected chi connectivity index (χ4v) is 2.93. The van der Waals surface area contributed by atoms with E-state index in [0.29, 0.717) is 24.6 Å². The summed E-state index contributed by atoms with van der Waals surface area (Å²) >= 11 is 0. The lowest BCUT2D eigenvalue weighted by Gasteiger charge is -2.33. The van der Waals surface area contributed by atoms with Crippen molar-refractivity contribution in [2.24, 2.45) is 16.6 Å². The number of hydrogen-bond donors (Lipinski definition) is 2. The van der Waals surface area contributed by atoms with E-state index < -0.39 is 6.29 Å². The molecular weight excluding hydrogens is 342 g/mol. The van der Waals surface area contributed by atoms with E-state index in [1.165, 1.54) is 7.11 Å². The van der Waals surface area contributed by atoms with E-state index in [1.54, 1.807) is 0 Å². The lowest BCUT2D eigenvalue weighted by molar-refractivity contribution is -0.0770. The number of hydrogen-bond acceptors (Lipinski definition) is 5. The number of aliphatic imine (C=N–C) groups is 1. The molecule has 1 unspecified atom stereocenters. The van der Waals surface area contributed by atoms with Crippen molar-refractivity contribution in [3.63, 3.8) is 0 Å². The Morgan fingerprint density at radius 2 is 2.07 bits per heavy atom. The van der Waals surface area contributed by atoms with Crippen LogP contribution in [-0.2, 0) is 4.74 Å². The molecule has 152 valence electrons. The predicted octanol–water partition coefficient (Wildman–Crippen LogP) is 2.98. The number of rotatable bonds is 7. The number of piperidine rings is 1. The number of methoxy groups -OCH3 is 1. The monoisotopic (exact) mass is 377 g/mol. The van der Waals surface area contributed by atoms with E-state index in [9.17, 15) is 5.11 Å². The SMILES string of the molecule is CC.CN=C(/C=C\CN)N1CCC(COc2cccc(C(O)OC)c2)CC1. The predicted molar refractivity (Wildman–Crippen MR) is 111 cm³/mol. The quantitative estimate of drug-likeness (QED) is 0.434. The highest BCUT2D eigenvalue weighted by Crippen LogP contribution is 2.23. The zero-order valence-electron chi connectivity index (χ0n) is 17.1. The van der Waals surface area contributed by atoms with Crippen molar-refractivity contribution >= 4 is 5.84 Å². The molecule has 6 heteroatoms. The number of amidine groups is 1. The van der Waals surface area contributed by atoms with Gasteiger partial charge in [0.2, 0.25) is 0 Å². The van der Waals surface area contributed by atoms with Crippen molar-refractivity contribution in [1.82, 2.24) is 4.90 Å². The fraction of sp³-hybridized carbons (Fsp3) is 0.571. The highest BCUT2D eigenvalue weighted by Gasteiger charge is 2.21. The third kappa shape index (κ3) is 7.71. The van der Waals surface area contributed by atoms with Gasteiger partial charge in [0.05, 0.1) is 6.61 Å². The van der Waals surface area contributed by atoms with E-state index in [-0.39, 0.29) is 0 Å². The van der Waals surface area contributed by atoms with Gasteiger partial charge in [-0.3, -0.25) is 4.99 Å². The van der Waals surface area contributed by atoms with Crippen LogP contribution in [0.2, 0.25) is 0 Å². The van der Waals surface area contributed by atoms with Gasteiger partial charge in [-0.25, -0.2) is 0 Å². The molecule has 1 heterocycles. The Morgan fingerprint density at radius 1 is 1.37 bits per heavy atom. The first-order valence-electron chi connectivity index (χ1n) is 9.70. The number of benzene rings is 1. The van der Waals surface area contributed by atoms with Gasteiger partial charge in [0.15, 0.2) is 6.29 Å². The Bertz CT molecular complexity index is 582. The largest absolute Gasteiger partial charge is 0.493 e. The molecule has 1 atom stereocenters. The van der Waals surface area contributed by atoms with Gasteiger partial charge in [-0.1, -0.05) is 32.1 Å². The number of nitrogens with two attached hydrogens (primary N) is 1. The van der Waals surface area contributed by atoms with Gasteiger partial charge in [-0.2, -0.15) is 0 Å². The van der Waals surface area contributed by atoms with Crippen molar-refractivity contribution in [1.29, 1.82) is 0 Å². The molecule has 0 aliphatic carbocycles. The Hall–Kier alpha value is -1.89. The van der Waals surface area contributed by atoms with Crippen LogP contribution in [0.25, 0.3) is 0 Å². The minimum absolute atomic E-state index is 0.517. The average molecular weight is 378 g/mol. The van der Waals surface area contributed by atoms with Gasteiger partial charge in [0, 0.05) is 39.4 Å². The summed E-state index contributed by atoms with van der Waals surface area (Å²) in [5.74, 6) is 2.27. The summed E-state index contributed by atoms with van der Waals surface area (Å²) in [6.07, 6.45) is 5.13. The molecule has 1 fully saturated rings. The second-order valence-electron chi connectivity index (χ2n) is 6.12. The average Bonchev–Trinajstić information content (AvgIpc) is 2.74. The number of aliphatic hydroxyl groups is 1. The molecule has 6 nitrogen and oxygen atoms in total. The first-order chi connectivity index (χ1) is 13.2. The molecule has 0 aromatic heterocycles. The minimum Gasteiger partial charge on any atom is -0.493 e. The smallest absolute Gasteiger partial charge is 0.180 e. The van der Waals surface area contributed by atoms with Gasteiger partial charge in [-0.15, -0.1) is 0 Å². The number of aliphatic hydroxyl groups excluding tert-OH is 1. The van der Waals surface area contributed by atoms with Crippen LogP contribution in [0.5, 0.6) is 5.75 Å². The lowest BCUT2D eigenvalue weighted by Crippen LogP contribution is -2.39. The molecule has 0 radical (unpaired) electrons. The Kier molecular flexibility index (Phi) is 11.4. The van der Waals surface area contributed by atoms with E-state index in [0.717, 1.165) is 37.5 Å². The first-order valence-corrected chi connectivity index (χ1v) is 9.70. The zero-order chi connectivity index (χ0) is 20.1. The van der Waals surface area contributed by atoms with Crippen molar-refractivity contribution in [2.75, 3.05) is 40.4 Å². The molecule has 1 aliphatic heterocycles. The van der Waals surface area contributed by atoms with Crippen molar-refractivity contribution in [3.8, 4) is 5.75 Å². The van der Waals surface area contributed by atoms with E-state index in [1.807, 2.05) is 57.3 Å². The second-order valence-corrected chi connectivity index (χ2v) is 6.12. The van der Waals surface area contributed by atoms with Gasteiger partial charge in [0.1, 0.15) is 11.6 Å². The fourth-order valence-electron chi connectivity index (χ4n) is 2.93. The van der Waals surface area contributed by atoms with E-state index in [2.05, 4.69) is 9.89 Å². The molecule has 1 aliphatic rings. The van der Waals surface area contributed by atoms with Crippen LogP contribution >= 0.6 is 0 Å². The van der Waals surface area contributed by atoms with Crippen LogP contribution in [0.15, 0.2) is 41.4 Å². The first kappa shape index (κ1) is 23.1. The second kappa shape index (κ2) is 13.3. The van der Waals surface area contributed by atoms with Crippen LogP contribution in [-0.4, -0.2) is 56.2 Å². The number of likely N-dealkylation sites (tertiary alicyclic amines) is 1. The van der Waals surface area contributed by atoms with E-state index >= 15 is 0 Å². The highest BCUT2D eigenvalue weighted by molar-refractivity contribution is 5.92. The minimum atomic E-state index is -0.917. The van der Waals surface area contributed by atoms with Gasteiger partial charge < -0.3 is 25.2 Å². The van der Waals surface area contributed by atoms with Crippen LogP contribution in [0.3, 0.4) is 0 Å². The summed E-state index contributed by atoms with van der Waals surface area (Å²) in [5, 5.41) is 9.73. The molecule has 0 spiro atoms.